The van der Waals surface area contributed by atoms with Gasteiger partial charge >= 0.3 is 0 Å². The van der Waals surface area contributed by atoms with E-state index in [2.05, 4.69) is 31.4 Å². The summed E-state index contributed by atoms with van der Waals surface area (Å²) in [6.45, 7) is 12.2. The molecular weight excluding hydrogens is 374 g/mol. The van der Waals surface area contributed by atoms with E-state index in [0.29, 0.717) is 0 Å². The summed E-state index contributed by atoms with van der Waals surface area (Å²) in [6, 6.07) is 0. The van der Waals surface area contributed by atoms with Gasteiger partial charge in [-0.2, -0.15) is 0 Å². The molecule has 2 heteroatoms. The predicted molar refractivity (Wildman–Crippen MR) is 138 cm³/mol. The summed E-state index contributed by atoms with van der Waals surface area (Å²) in [5, 5.41) is 0. The highest BCUT2D eigenvalue weighted by atomic mass is 35.5. The van der Waals surface area contributed by atoms with Crippen LogP contribution in [0.15, 0.2) is 12.7 Å². The van der Waals surface area contributed by atoms with Crippen LogP contribution in [0.3, 0.4) is 0 Å². The lowest BCUT2D eigenvalue weighted by Gasteiger charge is -2.20. The molecule has 0 atom stereocenters. The van der Waals surface area contributed by atoms with Gasteiger partial charge in [-0.3, -0.25) is 4.90 Å². The Balaban J connectivity index is 0. The average Bonchev–Trinajstić information content (AvgIpc) is 2.70. The molecule has 0 unspecified atom stereocenters. The summed E-state index contributed by atoms with van der Waals surface area (Å²) in [4.78, 5) is 2.63. The highest BCUT2D eigenvalue weighted by Gasteiger charge is 2.03. The van der Waals surface area contributed by atoms with Crippen LogP contribution in [-0.4, -0.2) is 24.5 Å². The maximum atomic E-state index is 3.96. The summed E-state index contributed by atoms with van der Waals surface area (Å²) in [5.41, 5.74) is 0. The highest BCUT2D eigenvalue weighted by molar-refractivity contribution is 5.85. The summed E-state index contributed by atoms with van der Waals surface area (Å²) in [7, 11) is 0. The van der Waals surface area contributed by atoms with Crippen molar-refractivity contribution in [1.29, 1.82) is 0 Å². The molecule has 0 N–H and O–H groups in total. The Labute approximate surface area is 191 Å². The van der Waals surface area contributed by atoms with E-state index in [-0.39, 0.29) is 12.4 Å². The van der Waals surface area contributed by atoms with Gasteiger partial charge in [0.1, 0.15) is 0 Å². The third kappa shape index (κ3) is 26.0. The molecule has 0 amide bonds. The van der Waals surface area contributed by atoms with Crippen molar-refractivity contribution in [2.45, 2.75) is 142 Å². The molecule has 0 aromatic carbocycles. The zero-order chi connectivity index (χ0) is 20.5. The second kappa shape index (κ2) is 28.0. The van der Waals surface area contributed by atoms with Crippen molar-refractivity contribution in [2.24, 2.45) is 0 Å². The Hall–Kier alpha value is -0.0100. The topological polar surface area (TPSA) is 3.24 Å². The van der Waals surface area contributed by atoms with E-state index in [9.17, 15) is 0 Å². The monoisotopic (exact) mass is 429 g/mol. The molecule has 0 bridgehead atoms. The minimum atomic E-state index is 0. The molecule has 0 aliphatic carbocycles. The van der Waals surface area contributed by atoms with Crippen molar-refractivity contribution in [3.8, 4) is 0 Å². The van der Waals surface area contributed by atoms with Crippen LogP contribution < -0.4 is 0 Å². The first kappa shape index (κ1) is 31.2. The molecule has 0 rings (SSSR count). The van der Waals surface area contributed by atoms with Crippen LogP contribution in [0.25, 0.3) is 0 Å². The maximum absolute atomic E-state index is 3.96. The number of unbranched alkanes of at least 4 members (excludes halogenated alkanes) is 18. The first-order valence-electron chi connectivity index (χ1n) is 13.2. The van der Waals surface area contributed by atoms with Gasteiger partial charge in [0.05, 0.1) is 0 Å². The standard InChI is InChI=1S/C27H55N.ClH/c1-4-7-9-11-13-15-17-19-21-23-26-28(25-6-3)27-24-22-20-18-16-14-12-10-8-5-2;/h6H,3-5,7-27H2,1-2H3;1H. The third-order valence-electron chi connectivity index (χ3n) is 6.04. The Kier molecular flexibility index (Phi) is 30.1. The second-order valence-corrected chi connectivity index (χ2v) is 8.95. The average molecular weight is 430 g/mol. The molecule has 0 aliphatic heterocycles. The van der Waals surface area contributed by atoms with Gasteiger partial charge in [-0.25, -0.2) is 0 Å². The smallest absolute Gasteiger partial charge is 0.0160 e. The fourth-order valence-corrected chi connectivity index (χ4v) is 4.12. The highest BCUT2D eigenvalue weighted by Crippen LogP contribution is 2.12. The van der Waals surface area contributed by atoms with E-state index < -0.39 is 0 Å². The fraction of sp³-hybridized carbons (Fsp3) is 0.926. The number of nitrogens with zero attached hydrogens (tertiary/aromatic N) is 1. The summed E-state index contributed by atoms with van der Waals surface area (Å²) in [5.74, 6) is 0. The number of hydrogen-bond acceptors (Lipinski definition) is 1. The molecule has 0 spiro atoms. The third-order valence-corrected chi connectivity index (χ3v) is 6.04. The Morgan fingerprint density at radius 3 is 1.03 bits per heavy atom. The van der Waals surface area contributed by atoms with E-state index >= 15 is 0 Å². The Bertz CT molecular complexity index is 268. The number of hydrogen-bond donors (Lipinski definition) is 0. The Morgan fingerprint density at radius 2 is 0.759 bits per heavy atom. The molecule has 0 heterocycles. The van der Waals surface area contributed by atoms with Crippen molar-refractivity contribution >= 4 is 12.4 Å². The van der Waals surface area contributed by atoms with Crippen molar-refractivity contribution in [3.63, 3.8) is 0 Å². The van der Waals surface area contributed by atoms with E-state index in [0.717, 1.165) is 6.54 Å². The largest absolute Gasteiger partial charge is 0.300 e. The van der Waals surface area contributed by atoms with E-state index in [4.69, 9.17) is 0 Å². The fourth-order valence-electron chi connectivity index (χ4n) is 4.12. The first-order valence-corrected chi connectivity index (χ1v) is 13.2. The van der Waals surface area contributed by atoms with E-state index in [1.54, 1.807) is 0 Å². The summed E-state index contributed by atoms with van der Waals surface area (Å²) in [6.07, 6.45) is 30.7. The molecule has 0 radical (unpaired) electrons. The van der Waals surface area contributed by atoms with E-state index in [1.807, 2.05) is 0 Å². The van der Waals surface area contributed by atoms with Gasteiger partial charge in [0, 0.05) is 6.54 Å². The van der Waals surface area contributed by atoms with Crippen LogP contribution in [0.2, 0.25) is 0 Å². The predicted octanol–water partition coefficient (Wildman–Crippen LogP) is 9.74. The normalized spacial score (nSPS) is 11.0. The first-order chi connectivity index (χ1) is 13.8. The lowest BCUT2D eigenvalue weighted by atomic mass is 10.1. The van der Waals surface area contributed by atoms with Crippen LogP contribution >= 0.6 is 12.4 Å². The second-order valence-electron chi connectivity index (χ2n) is 8.95. The zero-order valence-corrected chi connectivity index (χ0v) is 21.2. The molecule has 29 heavy (non-hydrogen) atoms. The molecule has 0 aromatic heterocycles. The van der Waals surface area contributed by atoms with E-state index in [1.165, 1.54) is 142 Å². The molecule has 0 saturated carbocycles. The summed E-state index contributed by atoms with van der Waals surface area (Å²) < 4.78 is 0. The molecule has 1 nitrogen and oxygen atoms in total. The molecule has 176 valence electrons. The van der Waals surface area contributed by atoms with Crippen LogP contribution in [0.4, 0.5) is 0 Å². The van der Waals surface area contributed by atoms with Crippen LogP contribution in [0, 0.1) is 0 Å². The minimum Gasteiger partial charge on any atom is -0.300 e. The summed E-state index contributed by atoms with van der Waals surface area (Å²) >= 11 is 0. The van der Waals surface area contributed by atoms with Crippen LogP contribution in [0.1, 0.15) is 142 Å². The van der Waals surface area contributed by atoms with Crippen LogP contribution in [0.5, 0.6) is 0 Å². The zero-order valence-electron chi connectivity index (χ0n) is 20.4. The molecule has 0 aliphatic rings. The van der Waals surface area contributed by atoms with Gasteiger partial charge < -0.3 is 0 Å². The molecule has 0 fully saturated rings. The van der Waals surface area contributed by atoms with Gasteiger partial charge in [0.25, 0.3) is 0 Å². The van der Waals surface area contributed by atoms with Gasteiger partial charge in [0.15, 0.2) is 0 Å². The quantitative estimate of drug-likeness (QED) is 0.109. The van der Waals surface area contributed by atoms with Crippen molar-refractivity contribution < 1.29 is 0 Å². The van der Waals surface area contributed by atoms with Gasteiger partial charge in [-0.15, -0.1) is 19.0 Å². The minimum absolute atomic E-state index is 0. The number of rotatable bonds is 24. The van der Waals surface area contributed by atoms with Gasteiger partial charge in [-0.05, 0) is 25.9 Å². The molecule has 0 saturated heterocycles. The van der Waals surface area contributed by atoms with Crippen molar-refractivity contribution in [3.05, 3.63) is 12.7 Å². The lowest BCUT2D eigenvalue weighted by molar-refractivity contribution is 0.286. The van der Waals surface area contributed by atoms with Crippen molar-refractivity contribution in [1.82, 2.24) is 4.90 Å². The van der Waals surface area contributed by atoms with Crippen LogP contribution in [-0.2, 0) is 0 Å². The molecule has 0 aromatic rings. The number of halogens is 1. The SMILES string of the molecule is C=CCN(CCCCCCCCCCCC)CCCCCCCCCCCC.Cl. The molecular formula is C27H56ClN. The Morgan fingerprint density at radius 1 is 0.483 bits per heavy atom. The van der Waals surface area contributed by atoms with Gasteiger partial charge in [0.2, 0.25) is 0 Å². The maximum Gasteiger partial charge on any atom is 0.0160 e. The van der Waals surface area contributed by atoms with Crippen molar-refractivity contribution in [2.75, 3.05) is 19.6 Å². The lowest BCUT2D eigenvalue weighted by Crippen LogP contribution is -2.26. The van der Waals surface area contributed by atoms with Gasteiger partial charge in [-0.1, -0.05) is 135 Å².